The zero-order chi connectivity index (χ0) is 10.1. The normalized spacial score (nSPS) is 10.4. The molecule has 0 radical (unpaired) electrons. The Morgan fingerprint density at radius 2 is 2.14 bits per heavy atom. The molecule has 0 amide bonds. The highest BCUT2D eigenvalue weighted by Crippen LogP contribution is 2.32. The Morgan fingerprint density at radius 1 is 1.36 bits per heavy atom. The maximum absolute atomic E-state index is 6.08. The topological polar surface area (TPSA) is 50.9 Å². The second-order valence-electron chi connectivity index (χ2n) is 2.97. The molecule has 0 saturated carbocycles. The van der Waals surface area contributed by atoms with Crippen molar-refractivity contribution in [2.45, 2.75) is 0 Å². The number of hydrogen-bond donors (Lipinski definition) is 2. The number of fused-ring (bicyclic) bond motifs is 1. The van der Waals surface area contributed by atoms with Crippen LogP contribution in [0.3, 0.4) is 0 Å². The third-order valence-corrected chi connectivity index (χ3v) is 2.46. The summed E-state index contributed by atoms with van der Waals surface area (Å²) in [5.41, 5.74) is 6.55. The maximum atomic E-state index is 6.08. The Labute approximate surface area is 86.9 Å². The molecule has 3 nitrogen and oxygen atoms in total. The third kappa shape index (κ3) is 1.26. The molecule has 0 aliphatic rings. The number of nitrogens with zero attached hydrogens (tertiary/aromatic N) is 1. The van der Waals surface area contributed by atoms with E-state index >= 15 is 0 Å². The number of aromatic nitrogens is 1. The van der Waals surface area contributed by atoms with E-state index in [1.165, 1.54) is 0 Å². The molecule has 1 aromatic carbocycles. The zero-order valence-electron chi connectivity index (χ0n) is 7.71. The summed E-state index contributed by atoms with van der Waals surface area (Å²) in [7, 11) is 1.81. The lowest BCUT2D eigenvalue weighted by Crippen LogP contribution is -1.95. The second kappa shape index (κ2) is 3.35. The first kappa shape index (κ1) is 9.09. The molecule has 72 valence electrons. The van der Waals surface area contributed by atoms with Crippen molar-refractivity contribution in [1.82, 2.24) is 4.98 Å². The summed E-state index contributed by atoms with van der Waals surface area (Å²) in [5, 5.41) is 5.45. The molecule has 0 spiro atoms. The van der Waals surface area contributed by atoms with Crippen LogP contribution in [0.1, 0.15) is 0 Å². The van der Waals surface area contributed by atoms with Gasteiger partial charge >= 0.3 is 0 Å². The molecule has 1 aromatic heterocycles. The molecule has 2 aromatic rings. The summed E-state index contributed by atoms with van der Waals surface area (Å²) in [6.07, 6.45) is 1.71. The van der Waals surface area contributed by atoms with E-state index in [0.29, 0.717) is 10.7 Å². The molecule has 0 aliphatic heterocycles. The quantitative estimate of drug-likeness (QED) is 0.707. The van der Waals surface area contributed by atoms with Crippen LogP contribution in [0, 0.1) is 0 Å². The van der Waals surface area contributed by atoms with Crippen LogP contribution in [0.15, 0.2) is 24.4 Å². The van der Waals surface area contributed by atoms with E-state index in [1.54, 1.807) is 25.4 Å². The minimum Gasteiger partial charge on any atom is -0.398 e. The number of rotatable bonds is 1. The van der Waals surface area contributed by atoms with Crippen LogP contribution in [-0.4, -0.2) is 12.0 Å². The molecule has 2 rings (SSSR count). The molecule has 0 bridgehead atoms. The highest BCUT2D eigenvalue weighted by molar-refractivity contribution is 6.37. The van der Waals surface area contributed by atoms with Gasteiger partial charge in [0, 0.05) is 29.7 Å². The van der Waals surface area contributed by atoms with Gasteiger partial charge in [0.2, 0.25) is 0 Å². The largest absolute Gasteiger partial charge is 0.398 e. The van der Waals surface area contributed by atoms with Gasteiger partial charge in [-0.2, -0.15) is 0 Å². The number of nitrogen functional groups attached to an aromatic ring is 1. The molecular weight excluding hydrogens is 198 g/mol. The van der Waals surface area contributed by atoms with Crippen LogP contribution in [0.5, 0.6) is 0 Å². The van der Waals surface area contributed by atoms with Gasteiger partial charge in [-0.05, 0) is 18.2 Å². The number of nitrogens with two attached hydrogens (primary N) is 1. The summed E-state index contributed by atoms with van der Waals surface area (Å²) < 4.78 is 0. The Morgan fingerprint density at radius 3 is 2.86 bits per heavy atom. The van der Waals surface area contributed by atoms with Gasteiger partial charge in [-0.25, -0.2) is 4.98 Å². The summed E-state index contributed by atoms with van der Waals surface area (Å²) >= 11 is 6.08. The summed E-state index contributed by atoms with van der Waals surface area (Å²) in [6.45, 7) is 0. The van der Waals surface area contributed by atoms with E-state index in [9.17, 15) is 0 Å². The van der Waals surface area contributed by atoms with Crippen LogP contribution in [0.4, 0.5) is 11.5 Å². The Bertz CT molecular complexity index is 482. The highest BCUT2D eigenvalue weighted by atomic mass is 35.5. The fraction of sp³-hybridized carbons (Fsp3) is 0.100. The number of hydrogen-bond acceptors (Lipinski definition) is 3. The summed E-state index contributed by atoms with van der Waals surface area (Å²) in [5.74, 6) is 0.750. The van der Waals surface area contributed by atoms with Crippen LogP contribution in [-0.2, 0) is 0 Å². The number of anilines is 2. The molecular formula is C10H10ClN3. The van der Waals surface area contributed by atoms with Gasteiger partial charge in [-0.1, -0.05) is 11.6 Å². The summed E-state index contributed by atoms with van der Waals surface area (Å²) in [4.78, 5) is 4.18. The average molecular weight is 208 g/mol. The van der Waals surface area contributed by atoms with Crippen molar-refractivity contribution in [3.8, 4) is 0 Å². The number of benzene rings is 1. The first-order valence-corrected chi connectivity index (χ1v) is 4.62. The number of halogens is 1. The maximum Gasteiger partial charge on any atom is 0.135 e. The predicted molar refractivity (Wildman–Crippen MR) is 60.7 cm³/mol. The number of nitrogens with one attached hydrogen (secondary N) is 1. The van der Waals surface area contributed by atoms with E-state index in [0.717, 1.165) is 16.6 Å². The van der Waals surface area contributed by atoms with Crippen LogP contribution in [0.2, 0.25) is 5.02 Å². The SMILES string of the molecule is CNc1nccc2c(N)ccc(Cl)c12. The third-order valence-electron chi connectivity index (χ3n) is 2.15. The van der Waals surface area contributed by atoms with Crippen LogP contribution in [0.25, 0.3) is 10.8 Å². The van der Waals surface area contributed by atoms with Crippen molar-refractivity contribution in [3.05, 3.63) is 29.4 Å². The minimum absolute atomic E-state index is 0.659. The van der Waals surface area contributed by atoms with Crippen molar-refractivity contribution in [2.24, 2.45) is 0 Å². The molecule has 0 unspecified atom stereocenters. The smallest absolute Gasteiger partial charge is 0.135 e. The van der Waals surface area contributed by atoms with Crippen molar-refractivity contribution in [1.29, 1.82) is 0 Å². The van der Waals surface area contributed by atoms with Crippen molar-refractivity contribution in [2.75, 3.05) is 18.1 Å². The van der Waals surface area contributed by atoms with E-state index in [1.807, 2.05) is 6.07 Å². The predicted octanol–water partition coefficient (Wildman–Crippen LogP) is 2.51. The lowest BCUT2D eigenvalue weighted by Gasteiger charge is -2.08. The fourth-order valence-corrected chi connectivity index (χ4v) is 1.72. The van der Waals surface area contributed by atoms with E-state index < -0.39 is 0 Å². The molecule has 3 N–H and O–H groups in total. The summed E-state index contributed by atoms with van der Waals surface area (Å²) in [6, 6.07) is 5.43. The lowest BCUT2D eigenvalue weighted by molar-refractivity contribution is 1.32. The molecule has 0 atom stereocenters. The van der Waals surface area contributed by atoms with Crippen LogP contribution >= 0.6 is 11.6 Å². The Hall–Kier alpha value is -1.48. The fourth-order valence-electron chi connectivity index (χ4n) is 1.47. The van der Waals surface area contributed by atoms with E-state index in [-0.39, 0.29) is 0 Å². The highest BCUT2D eigenvalue weighted by Gasteiger charge is 2.06. The molecule has 0 aliphatic carbocycles. The van der Waals surface area contributed by atoms with Gasteiger partial charge < -0.3 is 11.1 Å². The molecule has 0 saturated heterocycles. The Kier molecular flexibility index (Phi) is 2.17. The zero-order valence-corrected chi connectivity index (χ0v) is 8.47. The molecule has 4 heteroatoms. The first-order valence-electron chi connectivity index (χ1n) is 4.24. The average Bonchev–Trinajstić information content (AvgIpc) is 2.23. The molecule has 0 fully saturated rings. The van der Waals surface area contributed by atoms with Gasteiger partial charge in [-0.15, -0.1) is 0 Å². The standard InChI is InChI=1S/C10H10ClN3/c1-13-10-9-6(4-5-14-10)8(12)3-2-7(9)11/h2-5H,12H2,1H3,(H,13,14). The first-order chi connectivity index (χ1) is 6.74. The number of pyridine rings is 1. The Balaban J connectivity index is 2.92. The molecule has 14 heavy (non-hydrogen) atoms. The molecule has 1 heterocycles. The lowest BCUT2D eigenvalue weighted by atomic mass is 10.1. The van der Waals surface area contributed by atoms with Crippen molar-refractivity contribution < 1.29 is 0 Å². The van der Waals surface area contributed by atoms with Gasteiger partial charge in [0.05, 0.1) is 5.02 Å². The second-order valence-corrected chi connectivity index (χ2v) is 3.38. The van der Waals surface area contributed by atoms with Crippen molar-refractivity contribution in [3.63, 3.8) is 0 Å². The van der Waals surface area contributed by atoms with E-state index in [4.69, 9.17) is 17.3 Å². The van der Waals surface area contributed by atoms with Gasteiger partial charge in [0.1, 0.15) is 5.82 Å². The van der Waals surface area contributed by atoms with Gasteiger partial charge in [-0.3, -0.25) is 0 Å². The minimum atomic E-state index is 0.659. The van der Waals surface area contributed by atoms with Crippen molar-refractivity contribution >= 4 is 33.9 Å². The van der Waals surface area contributed by atoms with E-state index in [2.05, 4.69) is 10.3 Å². The van der Waals surface area contributed by atoms with Gasteiger partial charge in [0.25, 0.3) is 0 Å². The van der Waals surface area contributed by atoms with Gasteiger partial charge in [0.15, 0.2) is 0 Å². The van der Waals surface area contributed by atoms with Crippen LogP contribution < -0.4 is 11.1 Å². The monoisotopic (exact) mass is 207 g/mol.